The molecule has 0 saturated carbocycles. The number of likely N-dealkylation sites (tertiary alicyclic amines) is 1. The molecule has 0 radical (unpaired) electrons. The Bertz CT molecular complexity index is 854. The van der Waals surface area contributed by atoms with Crippen molar-refractivity contribution in [1.29, 1.82) is 0 Å². The van der Waals surface area contributed by atoms with Gasteiger partial charge in [-0.25, -0.2) is 5.01 Å². The van der Waals surface area contributed by atoms with E-state index in [1.54, 1.807) is 12.1 Å². The molecule has 1 N–H and O–H groups in total. The molecule has 5 nitrogen and oxygen atoms in total. The largest absolute Gasteiger partial charge is 0.508 e. The van der Waals surface area contributed by atoms with Crippen LogP contribution in [0.25, 0.3) is 0 Å². The number of ether oxygens (including phenoxy) is 1. The summed E-state index contributed by atoms with van der Waals surface area (Å²) in [5.74, 6) is 1.28. The number of aromatic hydroxyl groups is 1. The lowest BCUT2D eigenvalue weighted by Gasteiger charge is -2.50. The van der Waals surface area contributed by atoms with E-state index in [0.717, 1.165) is 49.4 Å². The third-order valence-electron chi connectivity index (χ3n) is 5.87. The van der Waals surface area contributed by atoms with Gasteiger partial charge >= 0.3 is 0 Å². The van der Waals surface area contributed by atoms with Crippen molar-refractivity contribution in [2.75, 3.05) is 20.1 Å². The molecule has 5 heteroatoms. The van der Waals surface area contributed by atoms with Crippen LogP contribution in [0.5, 0.6) is 11.5 Å². The summed E-state index contributed by atoms with van der Waals surface area (Å²) >= 11 is 0. The second-order valence-electron chi connectivity index (χ2n) is 7.55. The number of benzene rings is 2. The fraction of sp³-hybridized carbons (Fsp3) is 0.381. The maximum absolute atomic E-state index is 9.58. The van der Waals surface area contributed by atoms with Crippen molar-refractivity contribution in [1.82, 2.24) is 9.91 Å². The van der Waals surface area contributed by atoms with Crippen molar-refractivity contribution < 1.29 is 9.84 Å². The molecule has 1 spiro atoms. The Hall–Kier alpha value is -2.53. The van der Waals surface area contributed by atoms with Crippen LogP contribution in [0.1, 0.15) is 36.4 Å². The summed E-state index contributed by atoms with van der Waals surface area (Å²) in [7, 11) is 2.16. The number of phenols is 1. The first-order valence-corrected chi connectivity index (χ1v) is 9.27. The number of rotatable bonds is 1. The Kier molecular flexibility index (Phi) is 3.47. The molecule has 0 aromatic heterocycles. The van der Waals surface area contributed by atoms with Crippen LogP contribution in [0.2, 0.25) is 0 Å². The number of hydrogen-bond donors (Lipinski definition) is 1. The van der Waals surface area contributed by atoms with Crippen molar-refractivity contribution in [3.05, 3.63) is 59.7 Å². The minimum atomic E-state index is -0.357. The quantitative estimate of drug-likeness (QED) is 0.858. The fourth-order valence-electron chi connectivity index (χ4n) is 4.36. The highest BCUT2D eigenvalue weighted by atomic mass is 16.5. The highest BCUT2D eigenvalue weighted by Gasteiger charge is 2.51. The third-order valence-corrected chi connectivity index (χ3v) is 5.87. The van der Waals surface area contributed by atoms with Crippen molar-refractivity contribution in [3.63, 3.8) is 0 Å². The Morgan fingerprint density at radius 1 is 1.08 bits per heavy atom. The molecular weight excluding hydrogens is 326 g/mol. The second-order valence-corrected chi connectivity index (χ2v) is 7.55. The molecule has 1 atom stereocenters. The summed E-state index contributed by atoms with van der Waals surface area (Å²) in [4.78, 5) is 2.35. The average Bonchev–Trinajstić information content (AvgIpc) is 3.12. The number of nitrogens with zero attached hydrogens (tertiary/aromatic N) is 3. The zero-order chi connectivity index (χ0) is 17.7. The predicted octanol–water partition coefficient (Wildman–Crippen LogP) is 3.36. The van der Waals surface area contributed by atoms with E-state index in [0.29, 0.717) is 0 Å². The second kappa shape index (κ2) is 5.74. The highest BCUT2D eigenvalue weighted by Crippen LogP contribution is 2.49. The van der Waals surface area contributed by atoms with Crippen LogP contribution in [0, 0.1) is 0 Å². The molecule has 3 aliphatic heterocycles. The van der Waals surface area contributed by atoms with E-state index in [-0.39, 0.29) is 17.5 Å². The molecule has 134 valence electrons. The number of hydrogen-bond acceptors (Lipinski definition) is 5. The number of para-hydroxylation sites is 1. The van der Waals surface area contributed by atoms with Gasteiger partial charge in [-0.3, -0.25) is 0 Å². The molecule has 1 fully saturated rings. The number of fused-ring (bicyclic) bond motifs is 4. The molecule has 5 rings (SSSR count). The summed E-state index contributed by atoms with van der Waals surface area (Å²) in [6.45, 7) is 2.02. The van der Waals surface area contributed by atoms with E-state index in [9.17, 15) is 5.11 Å². The van der Waals surface area contributed by atoms with Crippen LogP contribution in [-0.4, -0.2) is 46.6 Å². The van der Waals surface area contributed by atoms with Gasteiger partial charge in [0.05, 0.1) is 11.8 Å². The monoisotopic (exact) mass is 349 g/mol. The molecule has 26 heavy (non-hydrogen) atoms. The zero-order valence-electron chi connectivity index (χ0n) is 14.9. The Morgan fingerprint density at radius 3 is 2.58 bits per heavy atom. The van der Waals surface area contributed by atoms with Crippen molar-refractivity contribution >= 4 is 5.71 Å². The molecular formula is C21H23N3O2. The van der Waals surface area contributed by atoms with Gasteiger partial charge < -0.3 is 14.7 Å². The number of phenolic OH excluding ortho intramolecular Hbond substituents is 1. The lowest BCUT2D eigenvalue weighted by Crippen LogP contribution is -2.58. The fourth-order valence-corrected chi connectivity index (χ4v) is 4.36. The summed E-state index contributed by atoms with van der Waals surface area (Å²) < 4.78 is 6.58. The van der Waals surface area contributed by atoms with Gasteiger partial charge in [0.25, 0.3) is 0 Å². The van der Waals surface area contributed by atoms with Crippen molar-refractivity contribution in [2.24, 2.45) is 5.10 Å². The summed E-state index contributed by atoms with van der Waals surface area (Å²) in [6.07, 6.45) is 2.75. The summed E-state index contributed by atoms with van der Waals surface area (Å²) in [5, 5.41) is 16.8. The summed E-state index contributed by atoms with van der Waals surface area (Å²) in [6, 6.07) is 15.9. The van der Waals surface area contributed by atoms with Crippen LogP contribution in [0.3, 0.4) is 0 Å². The van der Waals surface area contributed by atoms with Gasteiger partial charge in [-0.15, -0.1) is 0 Å². The van der Waals surface area contributed by atoms with Crippen LogP contribution < -0.4 is 4.74 Å². The molecule has 0 amide bonds. The maximum Gasteiger partial charge on any atom is 0.200 e. The van der Waals surface area contributed by atoms with Gasteiger partial charge in [0.1, 0.15) is 11.5 Å². The minimum absolute atomic E-state index is 0.215. The van der Waals surface area contributed by atoms with Crippen molar-refractivity contribution in [2.45, 2.75) is 31.0 Å². The Morgan fingerprint density at radius 2 is 1.81 bits per heavy atom. The van der Waals surface area contributed by atoms with Crippen LogP contribution in [-0.2, 0) is 0 Å². The predicted molar refractivity (Wildman–Crippen MR) is 100 cm³/mol. The first kappa shape index (κ1) is 15.7. The molecule has 2 aromatic rings. The van der Waals surface area contributed by atoms with Gasteiger partial charge in [-0.05, 0) is 42.9 Å². The SMILES string of the molecule is CN1CCC2(CC1)Oc1ccccc1[C@@H]1CC(c3ccc(O)cc3)=NN12. The van der Waals surface area contributed by atoms with Gasteiger partial charge in [0.15, 0.2) is 0 Å². The van der Waals surface area contributed by atoms with E-state index in [1.165, 1.54) is 5.56 Å². The zero-order valence-corrected chi connectivity index (χ0v) is 14.9. The molecule has 3 heterocycles. The molecule has 0 bridgehead atoms. The summed E-state index contributed by atoms with van der Waals surface area (Å²) in [5.41, 5.74) is 2.99. The highest BCUT2D eigenvalue weighted by molar-refractivity contribution is 6.02. The topological polar surface area (TPSA) is 48.3 Å². The van der Waals surface area contributed by atoms with E-state index in [1.807, 2.05) is 18.2 Å². The van der Waals surface area contributed by atoms with E-state index in [2.05, 4.69) is 35.2 Å². The van der Waals surface area contributed by atoms with Crippen LogP contribution in [0.15, 0.2) is 53.6 Å². The van der Waals surface area contributed by atoms with E-state index in [4.69, 9.17) is 9.84 Å². The lowest BCUT2D eigenvalue weighted by molar-refractivity contribution is -0.147. The lowest BCUT2D eigenvalue weighted by atomic mass is 9.91. The Balaban J connectivity index is 1.57. The number of piperidine rings is 1. The molecule has 3 aliphatic rings. The molecule has 0 aliphatic carbocycles. The first-order chi connectivity index (χ1) is 12.6. The van der Waals surface area contributed by atoms with E-state index >= 15 is 0 Å². The normalized spacial score (nSPS) is 24.0. The molecule has 0 unspecified atom stereocenters. The Labute approximate surface area is 153 Å². The third kappa shape index (κ3) is 2.38. The minimum Gasteiger partial charge on any atom is -0.508 e. The molecule has 1 saturated heterocycles. The average molecular weight is 349 g/mol. The first-order valence-electron chi connectivity index (χ1n) is 9.27. The van der Waals surface area contributed by atoms with Gasteiger partial charge in [-0.1, -0.05) is 18.2 Å². The van der Waals surface area contributed by atoms with Crippen LogP contribution >= 0.6 is 0 Å². The number of hydrazone groups is 1. The standard InChI is InChI=1S/C21H23N3O2/c1-23-12-10-21(11-13-23)24-19(17-4-2-3-5-20(17)26-21)14-18(22-24)15-6-8-16(25)9-7-15/h2-9,19,25H,10-14H2,1H3/t19-/m0/s1. The molecule has 2 aromatic carbocycles. The maximum atomic E-state index is 9.58. The van der Waals surface area contributed by atoms with E-state index < -0.39 is 0 Å². The smallest absolute Gasteiger partial charge is 0.200 e. The van der Waals surface area contributed by atoms with Crippen LogP contribution in [0.4, 0.5) is 0 Å². The van der Waals surface area contributed by atoms with Gasteiger partial charge in [0, 0.05) is 37.9 Å². The van der Waals surface area contributed by atoms with Crippen molar-refractivity contribution in [3.8, 4) is 11.5 Å². The van der Waals surface area contributed by atoms with Gasteiger partial charge in [-0.2, -0.15) is 5.10 Å². The van der Waals surface area contributed by atoms with Gasteiger partial charge in [0.2, 0.25) is 5.72 Å².